The van der Waals surface area contributed by atoms with Gasteiger partial charge in [-0.2, -0.15) is 0 Å². The number of nitrogens with one attached hydrogen (secondary N) is 3. The predicted octanol–water partition coefficient (Wildman–Crippen LogP) is 0.175. The van der Waals surface area contributed by atoms with Crippen LogP contribution in [0.2, 0.25) is 0 Å². The van der Waals surface area contributed by atoms with Gasteiger partial charge in [0.05, 0.1) is 4.90 Å². The van der Waals surface area contributed by atoms with Crippen LogP contribution in [0.25, 0.3) is 0 Å². The summed E-state index contributed by atoms with van der Waals surface area (Å²) in [6, 6.07) is 2.28. The van der Waals surface area contributed by atoms with Crippen LogP contribution in [0.5, 0.6) is 0 Å². The minimum Gasteiger partial charge on any atom is -0.363 e. The summed E-state index contributed by atoms with van der Waals surface area (Å²) in [7, 11) is -1.90. The Morgan fingerprint density at radius 3 is 2.87 bits per heavy atom. The maximum atomic E-state index is 11.4. The first-order valence-electron chi connectivity index (χ1n) is 4.96. The van der Waals surface area contributed by atoms with E-state index in [0.717, 1.165) is 5.69 Å². The van der Waals surface area contributed by atoms with Crippen LogP contribution in [0, 0.1) is 0 Å². The van der Waals surface area contributed by atoms with Gasteiger partial charge in [0.15, 0.2) is 0 Å². The lowest BCUT2D eigenvalue weighted by Gasteiger charge is -1.99. The topological polar surface area (TPSA) is 74.0 Å². The van der Waals surface area contributed by atoms with Gasteiger partial charge in [0.2, 0.25) is 10.0 Å². The van der Waals surface area contributed by atoms with E-state index in [4.69, 9.17) is 0 Å². The molecule has 1 aromatic rings. The number of sulfonamides is 1. The third-order valence-electron chi connectivity index (χ3n) is 2.45. The summed E-state index contributed by atoms with van der Waals surface area (Å²) in [5.41, 5.74) is 0.899. The van der Waals surface area contributed by atoms with Crippen molar-refractivity contribution in [3.8, 4) is 0 Å². The van der Waals surface area contributed by atoms with Gasteiger partial charge in [-0.25, -0.2) is 13.1 Å². The van der Waals surface area contributed by atoms with E-state index in [-0.39, 0.29) is 4.90 Å². The van der Waals surface area contributed by atoms with Crippen molar-refractivity contribution in [1.29, 1.82) is 0 Å². The molecule has 6 heteroatoms. The highest BCUT2D eigenvalue weighted by molar-refractivity contribution is 7.89. The average molecular weight is 229 g/mol. The fourth-order valence-corrected chi connectivity index (χ4v) is 2.08. The molecule has 0 spiro atoms. The Hall–Kier alpha value is -0.850. The molecule has 3 N–H and O–H groups in total. The van der Waals surface area contributed by atoms with Gasteiger partial charge >= 0.3 is 0 Å². The Balaban J connectivity index is 2.02. The molecule has 0 unspecified atom stereocenters. The molecule has 1 fully saturated rings. The molecule has 1 aliphatic rings. The molecule has 0 bridgehead atoms. The lowest BCUT2D eigenvalue weighted by molar-refractivity contribution is 0.588. The van der Waals surface area contributed by atoms with Gasteiger partial charge in [0.25, 0.3) is 0 Å². The van der Waals surface area contributed by atoms with Crippen LogP contribution in [0.15, 0.2) is 17.2 Å². The third kappa shape index (κ3) is 2.58. The van der Waals surface area contributed by atoms with Gasteiger partial charge in [-0.15, -0.1) is 0 Å². The van der Waals surface area contributed by atoms with Gasteiger partial charge in [-0.3, -0.25) is 0 Å². The second-order valence-corrected chi connectivity index (χ2v) is 5.61. The molecule has 1 saturated carbocycles. The zero-order valence-corrected chi connectivity index (χ0v) is 9.39. The Bertz CT molecular complexity index is 434. The van der Waals surface area contributed by atoms with Crippen molar-refractivity contribution in [2.75, 3.05) is 7.05 Å². The number of H-pyrrole nitrogens is 1. The highest BCUT2D eigenvalue weighted by Gasteiger charge is 2.20. The summed E-state index contributed by atoms with van der Waals surface area (Å²) in [6.45, 7) is 0.698. The van der Waals surface area contributed by atoms with Crippen molar-refractivity contribution in [2.45, 2.75) is 30.3 Å². The molecule has 15 heavy (non-hydrogen) atoms. The largest absolute Gasteiger partial charge is 0.363 e. The van der Waals surface area contributed by atoms with Crippen molar-refractivity contribution < 1.29 is 8.42 Å². The number of aromatic nitrogens is 1. The molecule has 2 rings (SSSR count). The van der Waals surface area contributed by atoms with Crippen molar-refractivity contribution >= 4 is 10.0 Å². The van der Waals surface area contributed by atoms with E-state index in [0.29, 0.717) is 12.6 Å². The van der Waals surface area contributed by atoms with Gasteiger partial charge < -0.3 is 10.3 Å². The van der Waals surface area contributed by atoms with Crippen molar-refractivity contribution in [1.82, 2.24) is 15.0 Å². The van der Waals surface area contributed by atoms with Gasteiger partial charge in [-0.1, -0.05) is 0 Å². The number of rotatable bonds is 5. The molecule has 0 amide bonds. The quantitative estimate of drug-likeness (QED) is 0.674. The van der Waals surface area contributed by atoms with Gasteiger partial charge in [0.1, 0.15) is 0 Å². The second-order valence-electron chi connectivity index (χ2n) is 3.72. The van der Waals surface area contributed by atoms with Crippen LogP contribution in [0.3, 0.4) is 0 Å². The Morgan fingerprint density at radius 1 is 1.53 bits per heavy atom. The van der Waals surface area contributed by atoms with Crippen LogP contribution in [0.1, 0.15) is 18.5 Å². The zero-order chi connectivity index (χ0) is 10.9. The maximum absolute atomic E-state index is 11.4. The lowest BCUT2D eigenvalue weighted by Crippen LogP contribution is -2.18. The molecule has 1 heterocycles. The maximum Gasteiger partial charge on any atom is 0.241 e. The van der Waals surface area contributed by atoms with Crippen LogP contribution in [-0.2, 0) is 16.6 Å². The Kier molecular flexibility index (Phi) is 2.81. The van der Waals surface area contributed by atoms with Gasteiger partial charge in [-0.05, 0) is 26.0 Å². The Morgan fingerprint density at radius 2 is 2.27 bits per heavy atom. The van der Waals surface area contributed by atoms with E-state index in [9.17, 15) is 8.42 Å². The predicted molar refractivity (Wildman–Crippen MR) is 56.9 cm³/mol. The van der Waals surface area contributed by atoms with Crippen molar-refractivity contribution in [3.63, 3.8) is 0 Å². The molecule has 0 saturated heterocycles. The summed E-state index contributed by atoms with van der Waals surface area (Å²) >= 11 is 0. The third-order valence-corrected chi connectivity index (χ3v) is 3.85. The monoisotopic (exact) mass is 229 g/mol. The second kappa shape index (κ2) is 3.96. The molecule has 1 aromatic heterocycles. The first-order chi connectivity index (χ1) is 7.12. The molecule has 84 valence electrons. The minimum atomic E-state index is -3.31. The summed E-state index contributed by atoms with van der Waals surface area (Å²) < 4.78 is 25.1. The fraction of sp³-hybridized carbons (Fsp3) is 0.556. The first-order valence-corrected chi connectivity index (χ1v) is 6.44. The smallest absolute Gasteiger partial charge is 0.241 e. The highest BCUT2D eigenvalue weighted by atomic mass is 32.2. The van der Waals surface area contributed by atoms with Crippen LogP contribution >= 0.6 is 0 Å². The number of aromatic amines is 1. The molecule has 0 aromatic carbocycles. The minimum absolute atomic E-state index is 0.289. The highest BCUT2D eigenvalue weighted by Crippen LogP contribution is 2.19. The molecular formula is C9H15N3O2S. The Labute approximate surface area is 89.3 Å². The molecule has 1 aliphatic carbocycles. The lowest BCUT2D eigenvalue weighted by atomic mass is 10.4. The van der Waals surface area contributed by atoms with E-state index in [1.165, 1.54) is 26.1 Å². The van der Waals surface area contributed by atoms with E-state index in [2.05, 4.69) is 15.0 Å². The van der Waals surface area contributed by atoms with E-state index >= 15 is 0 Å². The number of hydrogen-bond donors (Lipinski definition) is 3. The summed E-state index contributed by atoms with van der Waals surface area (Å²) in [5, 5.41) is 3.31. The molecule has 0 atom stereocenters. The molecular weight excluding hydrogens is 214 g/mol. The standard InChI is InChI=1S/C9H15N3O2S/c1-10-15(13,14)9-4-8(12-6-9)5-11-7-2-3-7/h4,6-7,10-12H,2-3,5H2,1H3. The summed E-state index contributed by atoms with van der Waals surface area (Å²) in [6.07, 6.45) is 3.96. The first kappa shape index (κ1) is 10.7. The van der Waals surface area contributed by atoms with Crippen molar-refractivity contribution in [2.24, 2.45) is 0 Å². The van der Waals surface area contributed by atoms with Crippen LogP contribution < -0.4 is 10.0 Å². The molecule has 0 aliphatic heterocycles. The average Bonchev–Trinajstić information content (AvgIpc) is 2.92. The molecule has 5 nitrogen and oxygen atoms in total. The fourth-order valence-electron chi connectivity index (χ4n) is 1.34. The number of hydrogen-bond acceptors (Lipinski definition) is 3. The molecule has 0 radical (unpaired) electrons. The van der Waals surface area contributed by atoms with E-state index < -0.39 is 10.0 Å². The van der Waals surface area contributed by atoms with E-state index in [1.807, 2.05) is 0 Å². The summed E-state index contributed by atoms with van der Waals surface area (Å²) in [5.74, 6) is 0. The zero-order valence-electron chi connectivity index (χ0n) is 8.58. The van der Waals surface area contributed by atoms with Gasteiger partial charge in [0, 0.05) is 24.5 Å². The van der Waals surface area contributed by atoms with Crippen molar-refractivity contribution in [3.05, 3.63) is 18.0 Å². The normalized spacial score (nSPS) is 16.9. The van der Waals surface area contributed by atoms with Crippen LogP contribution in [-0.4, -0.2) is 26.5 Å². The van der Waals surface area contributed by atoms with E-state index in [1.54, 1.807) is 6.07 Å². The van der Waals surface area contributed by atoms with Crippen LogP contribution in [0.4, 0.5) is 0 Å². The SMILES string of the molecule is CNS(=O)(=O)c1c[nH]c(CNC2CC2)c1. The summed E-state index contributed by atoms with van der Waals surface area (Å²) in [4.78, 5) is 3.24.